The fourth-order valence-corrected chi connectivity index (χ4v) is 2.30. The molecule has 17 heavy (non-hydrogen) atoms. The second-order valence-corrected chi connectivity index (χ2v) is 5.22. The zero-order valence-electron chi connectivity index (χ0n) is 11.1. The SMILES string of the molecule is CCC1CC(NC(=O)C(C)C)CN(CC#N)C1. The first-order chi connectivity index (χ1) is 8.06. The van der Waals surface area contributed by atoms with E-state index in [4.69, 9.17) is 5.26 Å². The number of carbonyl (C=O) groups excluding carboxylic acids is 1. The van der Waals surface area contributed by atoms with Gasteiger partial charge in [0.05, 0.1) is 12.6 Å². The monoisotopic (exact) mass is 237 g/mol. The molecule has 1 heterocycles. The van der Waals surface area contributed by atoms with Crippen molar-refractivity contribution in [2.24, 2.45) is 11.8 Å². The normalized spacial score (nSPS) is 25.6. The molecule has 1 rings (SSSR count). The van der Waals surface area contributed by atoms with Crippen molar-refractivity contribution >= 4 is 5.91 Å². The molecule has 0 saturated carbocycles. The lowest BCUT2D eigenvalue weighted by Crippen LogP contribution is -2.51. The summed E-state index contributed by atoms with van der Waals surface area (Å²) >= 11 is 0. The van der Waals surface area contributed by atoms with Crippen LogP contribution in [-0.4, -0.2) is 36.5 Å². The number of likely N-dealkylation sites (tertiary alicyclic amines) is 1. The van der Waals surface area contributed by atoms with Gasteiger partial charge in [-0.25, -0.2) is 0 Å². The van der Waals surface area contributed by atoms with Gasteiger partial charge in [0.2, 0.25) is 5.91 Å². The molecule has 2 unspecified atom stereocenters. The molecule has 1 saturated heterocycles. The zero-order valence-corrected chi connectivity index (χ0v) is 11.1. The summed E-state index contributed by atoms with van der Waals surface area (Å²) in [5.41, 5.74) is 0. The fourth-order valence-electron chi connectivity index (χ4n) is 2.30. The van der Waals surface area contributed by atoms with Crippen molar-refractivity contribution in [3.63, 3.8) is 0 Å². The van der Waals surface area contributed by atoms with E-state index in [-0.39, 0.29) is 17.9 Å². The van der Waals surface area contributed by atoms with E-state index in [1.54, 1.807) is 0 Å². The van der Waals surface area contributed by atoms with Crippen LogP contribution in [0.5, 0.6) is 0 Å². The predicted octanol–water partition coefficient (Wildman–Crippen LogP) is 1.38. The average molecular weight is 237 g/mol. The van der Waals surface area contributed by atoms with Crippen LogP contribution in [0.1, 0.15) is 33.6 Å². The highest BCUT2D eigenvalue weighted by Crippen LogP contribution is 2.19. The average Bonchev–Trinajstić information content (AvgIpc) is 2.28. The number of hydrogen-bond donors (Lipinski definition) is 1. The molecule has 1 amide bonds. The summed E-state index contributed by atoms with van der Waals surface area (Å²) in [4.78, 5) is 13.8. The van der Waals surface area contributed by atoms with Crippen LogP contribution in [0.2, 0.25) is 0 Å². The first-order valence-corrected chi connectivity index (χ1v) is 6.46. The number of hydrogen-bond acceptors (Lipinski definition) is 3. The number of rotatable bonds is 4. The van der Waals surface area contributed by atoms with Gasteiger partial charge in [-0.2, -0.15) is 5.26 Å². The van der Waals surface area contributed by atoms with Crippen LogP contribution in [0.15, 0.2) is 0 Å². The number of piperidine rings is 1. The van der Waals surface area contributed by atoms with Crippen molar-refractivity contribution in [3.8, 4) is 6.07 Å². The fraction of sp³-hybridized carbons (Fsp3) is 0.846. The van der Waals surface area contributed by atoms with Crippen molar-refractivity contribution in [1.82, 2.24) is 10.2 Å². The van der Waals surface area contributed by atoms with Gasteiger partial charge < -0.3 is 5.32 Å². The Hall–Kier alpha value is -1.08. The minimum atomic E-state index is 0.0291. The molecule has 4 heteroatoms. The smallest absolute Gasteiger partial charge is 0.222 e. The molecular weight excluding hydrogens is 214 g/mol. The molecular formula is C13H23N3O. The van der Waals surface area contributed by atoms with Gasteiger partial charge in [-0.15, -0.1) is 0 Å². The molecule has 0 aromatic carbocycles. The number of nitrogens with zero attached hydrogens (tertiary/aromatic N) is 2. The van der Waals surface area contributed by atoms with Crippen LogP contribution in [-0.2, 0) is 4.79 Å². The Morgan fingerprint density at radius 1 is 1.53 bits per heavy atom. The first-order valence-electron chi connectivity index (χ1n) is 6.46. The van der Waals surface area contributed by atoms with E-state index in [2.05, 4.69) is 23.2 Å². The van der Waals surface area contributed by atoms with Gasteiger partial charge in [-0.3, -0.25) is 9.69 Å². The van der Waals surface area contributed by atoms with Crippen molar-refractivity contribution in [2.45, 2.75) is 39.7 Å². The summed E-state index contributed by atoms with van der Waals surface area (Å²) in [6, 6.07) is 2.40. The highest BCUT2D eigenvalue weighted by molar-refractivity contribution is 5.78. The molecule has 2 atom stereocenters. The molecule has 1 aliphatic rings. The Balaban J connectivity index is 2.53. The maximum Gasteiger partial charge on any atom is 0.222 e. The Morgan fingerprint density at radius 3 is 2.76 bits per heavy atom. The summed E-state index contributed by atoms with van der Waals surface area (Å²) < 4.78 is 0. The van der Waals surface area contributed by atoms with Crippen LogP contribution < -0.4 is 5.32 Å². The van der Waals surface area contributed by atoms with Gasteiger partial charge in [0.15, 0.2) is 0 Å². The highest BCUT2D eigenvalue weighted by Gasteiger charge is 2.27. The van der Waals surface area contributed by atoms with Gasteiger partial charge in [0.1, 0.15) is 0 Å². The Kier molecular flexibility index (Phi) is 5.43. The molecule has 0 radical (unpaired) electrons. The summed E-state index contributed by atoms with van der Waals surface area (Å²) in [6.45, 7) is 8.23. The van der Waals surface area contributed by atoms with E-state index in [0.29, 0.717) is 12.5 Å². The third kappa shape index (κ3) is 4.35. The number of nitriles is 1. The zero-order chi connectivity index (χ0) is 12.8. The van der Waals surface area contributed by atoms with Crippen molar-refractivity contribution in [1.29, 1.82) is 5.26 Å². The van der Waals surface area contributed by atoms with Gasteiger partial charge in [-0.1, -0.05) is 27.2 Å². The van der Waals surface area contributed by atoms with Gasteiger partial charge >= 0.3 is 0 Å². The standard InChI is InChI=1S/C13H23N3O/c1-4-11-7-12(15-13(17)10(2)3)9-16(8-11)6-5-14/h10-12H,4,6-9H2,1-3H3,(H,15,17). The molecule has 96 valence electrons. The molecule has 4 nitrogen and oxygen atoms in total. The minimum Gasteiger partial charge on any atom is -0.352 e. The maximum absolute atomic E-state index is 11.7. The van der Waals surface area contributed by atoms with Crippen LogP contribution in [0, 0.1) is 23.2 Å². The quantitative estimate of drug-likeness (QED) is 0.752. The first kappa shape index (κ1) is 14.0. The van der Waals surface area contributed by atoms with Crippen LogP contribution in [0.4, 0.5) is 0 Å². The Bertz CT molecular complexity index is 296. The summed E-state index contributed by atoms with van der Waals surface area (Å²) in [5, 5.41) is 11.8. The lowest BCUT2D eigenvalue weighted by molar-refractivity contribution is -0.125. The molecule has 1 N–H and O–H groups in total. The number of carbonyl (C=O) groups is 1. The molecule has 0 aromatic rings. The second-order valence-electron chi connectivity index (χ2n) is 5.22. The van der Waals surface area contributed by atoms with E-state index in [1.807, 2.05) is 13.8 Å². The van der Waals surface area contributed by atoms with E-state index in [9.17, 15) is 4.79 Å². The summed E-state index contributed by atoms with van der Waals surface area (Å²) in [7, 11) is 0. The third-order valence-electron chi connectivity index (χ3n) is 3.36. The number of nitrogens with one attached hydrogen (secondary N) is 1. The maximum atomic E-state index is 11.7. The van der Waals surface area contributed by atoms with Crippen LogP contribution in [0.3, 0.4) is 0 Å². The van der Waals surface area contributed by atoms with Gasteiger partial charge in [0.25, 0.3) is 0 Å². The van der Waals surface area contributed by atoms with Crippen molar-refractivity contribution in [2.75, 3.05) is 19.6 Å². The van der Waals surface area contributed by atoms with E-state index >= 15 is 0 Å². The lowest BCUT2D eigenvalue weighted by Gasteiger charge is -2.36. The van der Waals surface area contributed by atoms with Crippen molar-refractivity contribution in [3.05, 3.63) is 0 Å². The topological polar surface area (TPSA) is 56.1 Å². The summed E-state index contributed by atoms with van der Waals surface area (Å²) in [6.07, 6.45) is 2.15. The molecule has 0 spiro atoms. The van der Waals surface area contributed by atoms with Gasteiger partial charge in [-0.05, 0) is 12.3 Å². The Labute approximate surface area is 104 Å². The van der Waals surface area contributed by atoms with Crippen molar-refractivity contribution < 1.29 is 4.79 Å². The van der Waals surface area contributed by atoms with E-state index in [0.717, 1.165) is 25.9 Å². The van der Waals surface area contributed by atoms with E-state index < -0.39 is 0 Å². The van der Waals surface area contributed by atoms with Gasteiger partial charge in [0, 0.05) is 25.0 Å². The highest BCUT2D eigenvalue weighted by atomic mass is 16.1. The van der Waals surface area contributed by atoms with Crippen LogP contribution in [0.25, 0.3) is 0 Å². The minimum absolute atomic E-state index is 0.0291. The second kappa shape index (κ2) is 6.61. The molecule has 1 aliphatic heterocycles. The van der Waals surface area contributed by atoms with Crippen LogP contribution >= 0.6 is 0 Å². The molecule has 1 fully saturated rings. The molecule has 0 bridgehead atoms. The summed E-state index contributed by atoms with van der Waals surface area (Å²) in [5.74, 6) is 0.736. The molecule has 0 aromatic heterocycles. The molecule has 0 aliphatic carbocycles. The Morgan fingerprint density at radius 2 is 2.24 bits per heavy atom. The predicted molar refractivity (Wildman–Crippen MR) is 67.2 cm³/mol. The van der Waals surface area contributed by atoms with E-state index in [1.165, 1.54) is 0 Å². The third-order valence-corrected chi connectivity index (χ3v) is 3.36. The number of amides is 1. The largest absolute Gasteiger partial charge is 0.352 e. The lowest BCUT2D eigenvalue weighted by atomic mass is 9.92.